The van der Waals surface area contributed by atoms with E-state index in [9.17, 15) is 9.59 Å². The number of halogens is 2. The van der Waals surface area contributed by atoms with Crippen molar-refractivity contribution in [1.82, 2.24) is 20.0 Å². The highest BCUT2D eigenvalue weighted by Gasteiger charge is 2.30. The minimum absolute atomic E-state index is 0. The van der Waals surface area contributed by atoms with E-state index in [2.05, 4.69) is 10.2 Å². The van der Waals surface area contributed by atoms with Crippen LogP contribution in [0.4, 0.5) is 0 Å². The monoisotopic (exact) mass is 366 g/mol. The second-order valence-corrected chi connectivity index (χ2v) is 6.34. The Labute approximate surface area is 150 Å². The topological polar surface area (TPSA) is 55.9 Å². The highest BCUT2D eigenvalue weighted by molar-refractivity contribution is 5.85. The summed E-state index contributed by atoms with van der Waals surface area (Å²) in [5.74, 6) is 0.503. The quantitative estimate of drug-likeness (QED) is 0.782. The van der Waals surface area contributed by atoms with Crippen LogP contribution in [0.1, 0.15) is 25.7 Å². The molecule has 3 fully saturated rings. The third-order valence-electron chi connectivity index (χ3n) is 4.86. The average Bonchev–Trinajstić information content (AvgIpc) is 3.20. The molecule has 134 valence electrons. The Morgan fingerprint density at radius 3 is 2.09 bits per heavy atom. The summed E-state index contributed by atoms with van der Waals surface area (Å²) in [6.45, 7) is 6.46. The van der Waals surface area contributed by atoms with Gasteiger partial charge in [-0.2, -0.15) is 0 Å². The maximum Gasteiger partial charge on any atom is 0.239 e. The minimum atomic E-state index is 0. The predicted molar refractivity (Wildman–Crippen MR) is 94.4 cm³/mol. The van der Waals surface area contributed by atoms with Crippen LogP contribution in [0.3, 0.4) is 0 Å². The SMILES string of the molecule is Cl.Cl.O=C(CN1CCN(C(=O)C2CCCN2)CC1)N1CCCC1. The van der Waals surface area contributed by atoms with Crippen LogP contribution < -0.4 is 5.32 Å². The van der Waals surface area contributed by atoms with Crippen molar-refractivity contribution in [3.63, 3.8) is 0 Å². The molecule has 23 heavy (non-hydrogen) atoms. The van der Waals surface area contributed by atoms with E-state index in [0.29, 0.717) is 6.54 Å². The first kappa shape index (κ1) is 20.5. The number of nitrogens with one attached hydrogen (secondary N) is 1. The molecule has 3 saturated heterocycles. The summed E-state index contributed by atoms with van der Waals surface area (Å²) in [7, 11) is 0. The Hall–Kier alpha value is -0.560. The van der Waals surface area contributed by atoms with Crippen molar-refractivity contribution in [3.8, 4) is 0 Å². The summed E-state index contributed by atoms with van der Waals surface area (Å²) >= 11 is 0. The van der Waals surface area contributed by atoms with Gasteiger partial charge in [-0.3, -0.25) is 14.5 Å². The number of piperazine rings is 1. The number of hydrogen-bond donors (Lipinski definition) is 1. The lowest BCUT2D eigenvalue weighted by molar-refractivity contribution is -0.136. The number of nitrogens with zero attached hydrogens (tertiary/aromatic N) is 3. The second kappa shape index (κ2) is 9.67. The highest BCUT2D eigenvalue weighted by Crippen LogP contribution is 2.12. The molecule has 6 nitrogen and oxygen atoms in total. The fraction of sp³-hybridized carbons (Fsp3) is 0.867. The number of carbonyl (C=O) groups is 2. The van der Waals surface area contributed by atoms with Crippen LogP contribution in [0, 0.1) is 0 Å². The molecule has 0 bridgehead atoms. The fourth-order valence-electron chi connectivity index (χ4n) is 3.50. The summed E-state index contributed by atoms with van der Waals surface area (Å²) in [6.07, 6.45) is 4.35. The van der Waals surface area contributed by atoms with Crippen LogP contribution >= 0.6 is 24.8 Å². The van der Waals surface area contributed by atoms with Crippen molar-refractivity contribution < 1.29 is 9.59 Å². The Bertz CT molecular complexity index is 391. The van der Waals surface area contributed by atoms with Gasteiger partial charge >= 0.3 is 0 Å². The zero-order valence-electron chi connectivity index (χ0n) is 13.5. The lowest BCUT2D eigenvalue weighted by atomic mass is 10.2. The number of carbonyl (C=O) groups excluding carboxylic acids is 2. The molecule has 0 radical (unpaired) electrons. The Kier molecular flexibility index (Phi) is 8.61. The molecular formula is C15H28Cl2N4O2. The van der Waals surface area contributed by atoms with Gasteiger partial charge in [0.15, 0.2) is 0 Å². The molecule has 2 amide bonds. The van der Waals surface area contributed by atoms with Crippen molar-refractivity contribution in [3.05, 3.63) is 0 Å². The molecule has 3 aliphatic rings. The zero-order chi connectivity index (χ0) is 14.7. The molecule has 3 rings (SSSR count). The molecule has 3 heterocycles. The van der Waals surface area contributed by atoms with Crippen LogP contribution in [0.15, 0.2) is 0 Å². The number of hydrogen-bond acceptors (Lipinski definition) is 4. The van der Waals surface area contributed by atoms with E-state index < -0.39 is 0 Å². The van der Waals surface area contributed by atoms with E-state index >= 15 is 0 Å². The first-order valence-corrected chi connectivity index (χ1v) is 8.26. The van der Waals surface area contributed by atoms with E-state index in [0.717, 1.165) is 71.5 Å². The zero-order valence-corrected chi connectivity index (χ0v) is 15.2. The van der Waals surface area contributed by atoms with Crippen molar-refractivity contribution in [2.24, 2.45) is 0 Å². The summed E-state index contributed by atoms with van der Waals surface area (Å²) in [6, 6.07) is 0.0304. The van der Waals surface area contributed by atoms with Gasteiger partial charge in [0.05, 0.1) is 12.6 Å². The highest BCUT2D eigenvalue weighted by atomic mass is 35.5. The van der Waals surface area contributed by atoms with Gasteiger partial charge in [-0.15, -0.1) is 24.8 Å². The minimum Gasteiger partial charge on any atom is -0.342 e. The van der Waals surface area contributed by atoms with Gasteiger partial charge in [0.2, 0.25) is 11.8 Å². The first-order valence-electron chi connectivity index (χ1n) is 8.26. The van der Waals surface area contributed by atoms with Crippen molar-refractivity contribution in [2.75, 3.05) is 52.4 Å². The normalized spacial score (nSPS) is 25.0. The van der Waals surface area contributed by atoms with E-state index in [1.165, 1.54) is 0 Å². The predicted octanol–water partition coefficient (Wildman–Crippen LogP) is 0.349. The maximum absolute atomic E-state index is 12.3. The van der Waals surface area contributed by atoms with Crippen LogP contribution in [0.25, 0.3) is 0 Å². The molecule has 1 atom stereocenters. The summed E-state index contributed by atoms with van der Waals surface area (Å²) in [4.78, 5) is 30.6. The lowest BCUT2D eigenvalue weighted by Crippen LogP contribution is -2.54. The molecule has 1 N–H and O–H groups in total. The lowest BCUT2D eigenvalue weighted by Gasteiger charge is -2.36. The first-order chi connectivity index (χ1) is 10.2. The summed E-state index contributed by atoms with van der Waals surface area (Å²) in [5, 5.41) is 3.27. The number of amides is 2. The standard InChI is InChI=1S/C15H26N4O2.2ClH/c20-14(18-6-1-2-7-18)12-17-8-10-19(11-9-17)15(21)13-4-3-5-16-13;;/h13,16H,1-12H2;2*1H. The smallest absolute Gasteiger partial charge is 0.239 e. The van der Waals surface area contributed by atoms with Gasteiger partial charge in [0.1, 0.15) is 0 Å². The fourth-order valence-corrected chi connectivity index (χ4v) is 3.50. The molecule has 0 aromatic carbocycles. The third kappa shape index (κ3) is 5.21. The van der Waals surface area contributed by atoms with Gasteiger partial charge in [-0.25, -0.2) is 0 Å². The molecule has 1 unspecified atom stereocenters. The van der Waals surface area contributed by atoms with E-state index in [1.54, 1.807) is 0 Å². The third-order valence-corrected chi connectivity index (χ3v) is 4.86. The van der Waals surface area contributed by atoms with E-state index in [4.69, 9.17) is 0 Å². The van der Waals surface area contributed by atoms with Crippen LogP contribution in [-0.2, 0) is 9.59 Å². The maximum atomic E-state index is 12.3. The van der Waals surface area contributed by atoms with Crippen LogP contribution in [-0.4, -0.2) is 84.9 Å². The molecule has 0 aromatic rings. The van der Waals surface area contributed by atoms with Crippen LogP contribution in [0.2, 0.25) is 0 Å². The van der Waals surface area contributed by atoms with Gasteiger partial charge in [-0.05, 0) is 32.2 Å². The van der Waals surface area contributed by atoms with Gasteiger partial charge in [0.25, 0.3) is 0 Å². The molecule has 0 aliphatic carbocycles. The van der Waals surface area contributed by atoms with Gasteiger partial charge < -0.3 is 15.1 Å². The summed E-state index contributed by atoms with van der Waals surface area (Å²) in [5.41, 5.74) is 0. The van der Waals surface area contributed by atoms with E-state index in [1.807, 2.05) is 9.80 Å². The van der Waals surface area contributed by atoms with E-state index in [-0.39, 0.29) is 42.7 Å². The van der Waals surface area contributed by atoms with Crippen molar-refractivity contribution in [1.29, 1.82) is 0 Å². The Balaban J connectivity index is 0.00000132. The molecular weight excluding hydrogens is 339 g/mol. The van der Waals surface area contributed by atoms with Crippen molar-refractivity contribution in [2.45, 2.75) is 31.7 Å². The molecule has 3 aliphatic heterocycles. The summed E-state index contributed by atoms with van der Waals surface area (Å²) < 4.78 is 0. The van der Waals surface area contributed by atoms with Crippen LogP contribution in [0.5, 0.6) is 0 Å². The second-order valence-electron chi connectivity index (χ2n) is 6.34. The van der Waals surface area contributed by atoms with Crippen molar-refractivity contribution >= 4 is 36.6 Å². The molecule has 0 saturated carbocycles. The Morgan fingerprint density at radius 1 is 0.870 bits per heavy atom. The van der Waals surface area contributed by atoms with Gasteiger partial charge in [-0.1, -0.05) is 0 Å². The average molecular weight is 367 g/mol. The Morgan fingerprint density at radius 2 is 1.52 bits per heavy atom. The molecule has 0 aromatic heterocycles. The number of rotatable bonds is 3. The largest absolute Gasteiger partial charge is 0.342 e. The molecule has 8 heteroatoms. The number of likely N-dealkylation sites (tertiary alicyclic amines) is 1. The molecule has 0 spiro atoms. The van der Waals surface area contributed by atoms with Gasteiger partial charge in [0, 0.05) is 39.3 Å².